The Hall–Kier alpha value is -0.830. The summed E-state index contributed by atoms with van der Waals surface area (Å²) in [6, 6.07) is 0. The standard InChI is InChI=1S/C7H13N2O/c1-2-4-8-5-3-6-9-7-10/h2,8H,1,3-6H2,(H,9,10). The minimum absolute atomic E-state index is 0.688. The smallest absolute Gasteiger partial charge is 0.309 e. The largest absolute Gasteiger partial charge is 0.348 e. The SMILES string of the molecule is C=CCNCCCN[C]=O. The van der Waals surface area contributed by atoms with Crippen molar-refractivity contribution in [3.05, 3.63) is 12.7 Å². The summed E-state index contributed by atoms with van der Waals surface area (Å²) in [7, 11) is 0. The van der Waals surface area contributed by atoms with E-state index >= 15 is 0 Å². The Bertz CT molecular complexity index is 81.6. The minimum atomic E-state index is 0.688. The quantitative estimate of drug-likeness (QED) is 0.293. The van der Waals surface area contributed by atoms with Crippen molar-refractivity contribution < 1.29 is 4.79 Å². The van der Waals surface area contributed by atoms with Crippen LogP contribution >= 0.6 is 0 Å². The monoisotopic (exact) mass is 141 g/mol. The van der Waals surface area contributed by atoms with Crippen LogP contribution in [0.15, 0.2) is 12.7 Å². The first-order valence-corrected chi connectivity index (χ1v) is 3.33. The maximum atomic E-state index is 9.62. The summed E-state index contributed by atoms with van der Waals surface area (Å²) in [5.74, 6) is 0. The van der Waals surface area contributed by atoms with E-state index in [0.29, 0.717) is 6.54 Å². The van der Waals surface area contributed by atoms with Crippen LogP contribution in [0.5, 0.6) is 0 Å². The van der Waals surface area contributed by atoms with Crippen LogP contribution in [-0.2, 0) is 4.79 Å². The van der Waals surface area contributed by atoms with E-state index in [4.69, 9.17) is 0 Å². The highest BCUT2D eigenvalue weighted by molar-refractivity contribution is 5.46. The van der Waals surface area contributed by atoms with Crippen LogP contribution in [0.1, 0.15) is 6.42 Å². The maximum Gasteiger partial charge on any atom is 0.309 e. The second-order valence-electron chi connectivity index (χ2n) is 1.88. The molecule has 57 valence electrons. The first-order valence-electron chi connectivity index (χ1n) is 3.33. The summed E-state index contributed by atoms with van der Waals surface area (Å²) in [5, 5.41) is 5.56. The van der Waals surface area contributed by atoms with Crippen LogP contribution in [0.2, 0.25) is 0 Å². The Morgan fingerprint density at radius 1 is 1.50 bits per heavy atom. The molecule has 1 amide bonds. The van der Waals surface area contributed by atoms with E-state index in [-0.39, 0.29) is 0 Å². The molecule has 0 saturated carbocycles. The third-order valence-corrected chi connectivity index (χ3v) is 1.02. The molecule has 3 nitrogen and oxygen atoms in total. The van der Waals surface area contributed by atoms with E-state index in [1.807, 2.05) is 0 Å². The van der Waals surface area contributed by atoms with E-state index in [9.17, 15) is 4.79 Å². The van der Waals surface area contributed by atoms with E-state index in [1.165, 1.54) is 0 Å². The summed E-state index contributed by atoms with van der Waals surface area (Å²) in [4.78, 5) is 9.62. The second kappa shape index (κ2) is 8.17. The first-order chi connectivity index (χ1) is 4.91. The molecule has 0 aromatic rings. The average Bonchev–Trinajstić information content (AvgIpc) is 1.97. The van der Waals surface area contributed by atoms with Gasteiger partial charge in [-0.1, -0.05) is 6.08 Å². The molecular weight excluding hydrogens is 128 g/mol. The van der Waals surface area contributed by atoms with Gasteiger partial charge in [0.25, 0.3) is 0 Å². The zero-order chi connectivity index (χ0) is 7.66. The van der Waals surface area contributed by atoms with Crippen LogP contribution in [0.3, 0.4) is 0 Å². The van der Waals surface area contributed by atoms with Gasteiger partial charge in [-0.15, -0.1) is 6.58 Å². The van der Waals surface area contributed by atoms with E-state index < -0.39 is 0 Å². The van der Waals surface area contributed by atoms with Crippen LogP contribution < -0.4 is 10.6 Å². The fourth-order valence-electron chi connectivity index (χ4n) is 0.557. The molecule has 2 N–H and O–H groups in total. The third-order valence-electron chi connectivity index (χ3n) is 1.02. The van der Waals surface area contributed by atoms with E-state index in [0.717, 1.165) is 19.5 Å². The van der Waals surface area contributed by atoms with Crippen molar-refractivity contribution in [2.75, 3.05) is 19.6 Å². The molecule has 0 aliphatic heterocycles. The molecule has 3 heteroatoms. The van der Waals surface area contributed by atoms with Crippen molar-refractivity contribution in [3.63, 3.8) is 0 Å². The molecule has 0 fully saturated rings. The lowest BCUT2D eigenvalue weighted by Gasteiger charge is -1.98. The lowest BCUT2D eigenvalue weighted by molar-refractivity contribution is 0.539. The van der Waals surface area contributed by atoms with Crippen molar-refractivity contribution in [1.29, 1.82) is 0 Å². The van der Waals surface area contributed by atoms with E-state index in [1.54, 1.807) is 12.5 Å². The van der Waals surface area contributed by atoms with Crippen molar-refractivity contribution in [2.24, 2.45) is 0 Å². The Kier molecular flexibility index (Phi) is 7.49. The lowest BCUT2D eigenvalue weighted by atomic mass is 10.4. The Morgan fingerprint density at radius 2 is 2.30 bits per heavy atom. The Balaban J connectivity index is 2.76. The van der Waals surface area contributed by atoms with Gasteiger partial charge in [-0.25, -0.2) is 0 Å². The molecule has 0 aromatic heterocycles. The molecule has 0 atom stereocenters. The fraction of sp³-hybridized carbons (Fsp3) is 0.571. The van der Waals surface area contributed by atoms with Crippen LogP contribution in [0.4, 0.5) is 0 Å². The summed E-state index contributed by atoms with van der Waals surface area (Å²) < 4.78 is 0. The molecule has 0 aromatic carbocycles. The number of nitrogens with one attached hydrogen (secondary N) is 2. The van der Waals surface area contributed by atoms with Gasteiger partial charge in [0.2, 0.25) is 0 Å². The molecule has 0 saturated heterocycles. The molecule has 10 heavy (non-hydrogen) atoms. The van der Waals surface area contributed by atoms with Crippen LogP contribution in [-0.4, -0.2) is 26.0 Å². The normalized spacial score (nSPS) is 8.80. The minimum Gasteiger partial charge on any atom is -0.348 e. The van der Waals surface area contributed by atoms with Crippen molar-refractivity contribution in [3.8, 4) is 0 Å². The van der Waals surface area contributed by atoms with Gasteiger partial charge in [-0.05, 0) is 13.0 Å². The summed E-state index contributed by atoms with van der Waals surface area (Å²) >= 11 is 0. The lowest BCUT2D eigenvalue weighted by Crippen LogP contribution is -2.20. The highest BCUT2D eigenvalue weighted by Crippen LogP contribution is 1.70. The van der Waals surface area contributed by atoms with Crippen molar-refractivity contribution >= 4 is 6.41 Å². The predicted molar refractivity (Wildman–Crippen MR) is 41.4 cm³/mol. The number of carbonyl (C=O) groups excluding carboxylic acids is 1. The van der Waals surface area contributed by atoms with Crippen LogP contribution in [0, 0.1) is 0 Å². The topological polar surface area (TPSA) is 41.1 Å². The maximum absolute atomic E-state index is 9.62. The first kappa shape index (κ1) is 9.17. The van der Waals surface area contributed by atoms with E-state index in [2.05, 4.69) is 17.2 Å². The van der Waals surface area contributed by atoms with Crippen LogP contribution in [0.25, 0.3) is 0 Å². The number of amides is 1. The molecular formula is C7H13N2O. The number of hydrogen-bond acceptors (Lipinski definition) is 2. The molecule has 0 heterocycles. The highest BCUT2D eigenvalue weighted by atomic mass is 16.1. The summed E-state index contributed by atoms with van der Waals surface area (Å²) in [6.07, 6.45) is 4.35. The molecule has 1 radical (unpaired) electrons. The van der Waals surface area contributed by atoms with Gasteiger partial charge in [-0.2, -0.15) is 0 Å². The molecule has 0 spiro atoms. The molecule has 0 aliphatic rings. The molecule has 0 unspecified atom stereocenters. The molecule has 0 rings (SSSR count). The third kappa shape index (κ3) is 7.17. The highest BCUT2D eigenvalue weighted by Gasteiger charge is 1.83. The molecule has 0 bridgehead atoms. The Morgan fingerprint density at radius 3 is 2.90 bits per heavy atom. The zero-order valence-corrected chi connectivity index (χ0v) is 6.02. The second-order valence-corrected chi connectivity index (χ2v) is 1.88. The number of hydrogen-bond donors (Lipinski definition) is 2. The Labute approximate surface area is 61.5 Å². The number of rotatable bonds is 7. The van der Waals surface area contributed by atoms with Crippen molar-refractivity contribution in [2.45, 2.75) is 6.42 Å². The van der Waals surface area contributed by atoms with Gasteiger partial charge in [0.15, 0.2) is 0 Å². The van der Waals surface area contributed by atoms with Gasteiger partial charge in [-0.3, -0.25) is 4.79 Å². The average molecular weight is 141 g/mol. The van der Waals surface area contributed by atoms with Gasteiger partial charge in [0, 0.05) is 13.1 Å². The predicted octanol–water partition coefficient (Wildman–Crippen LogP) is -0.191. The summed E-state index contributed by atoms with van der Waals surface area (Å²) in [5.41, 5.74) is 0. The van der Waals surface area contributed by atoms with Crippen molar-refractivity contribution in [1.82, 2.24) is 10.6 Å². The fourth-order valence-corrected chi connectivity index (χ4v) is 0.557. The molecule has 0 aliphatic carbocycles. The van der Waals surface area contributed by atoms with Gasteiger partial charge < -0.3 is 10.6 Å². The summed E-state index contributed by atoms with van der Waals surface area (Å²) in [6.45, 7) is 5.97. The van der Waals surface area contributed by atoms with Gasteiger partial charge >= 0.3 is 6.41 Å². The van der Waals surface area contributed by atoms with Gasteiger partial charge in [0.05, 0.1) is 0 Å². The van der Waals surface area contributed by atoms with Gasteiger partial charge in [0.1, 0.15) is 0 Å². The zero-order valence-electron chi connectivity index (χ0n) is 6.02.